The maximum Gasteiger partial charge on any atom is 0.264 e. The number of nitrogens with zero attached hydrogens (tertiary/aromatic N) is 1. The van der Waals surface area contributed by atoms with Crippen LogP contribution in [0.5, 0.6) is 0 Å². The molecule has 0 radical (unpaired) electrons. The molecule has 23 heavy (non-hydrogen) atoms. The van der Waals surface area contributed by atoms with E-state index in [2.05, 4.69) is 5.32 Å². The van der Waals surface area contributed by atoms with Crippen LogP contribution in [-0.2, 0) is 4.79 Å². The largest absolute Gasteiger partial charge is 0.332 e. The second kappa shape index (κ2) is 7.39. The molecule has 2 rings (SSSR count). The van der Waals surface area contributed by atoms with Gasteiger partial charge in [-0.15, -0.1) is 11.3 Å². The summed E-state index contributed by atoms with van der Waals surface area (Å²) in [6, 6.07) is 10.1. The number of ketones is 1. The van der Waals surface area contributed by atoms with Gasteiger partial charge in [-0.05, 0) is 31.2 Å². The number of rotatable bonds is 5. The Labute approximate surface area is 142 Å². The number of hydrogen-bond acceptors (Lipinski definition) is 4. The first-order chi connectivity index (χ1) is 10.9. The lowest BCUT2D eigenvalue weighted by Gasteiger charge is -2.16. The first kappa shape index (κ1) is 17.2. The molecule has 5 nitrogen and oxygen atoms in total. The van der Waals surface area contributed by atoms with Crippen molar-refractivity contribution in [3.63, 3.8) is 0 Å². The van der Waals surface area contributed by atoms with Crippen LogP contribution in [0.3, 0.4) is 0 Å². The Morgan fingerprint density at radius 1 is 1.13 bits per heavy atom. The Morgan fingerprint density at radius 3 is 2.39 bits per heavy atom. The lowest BCUT2D eigenvalue weighted by molar-refractivity contribution is -0.116. The van der Waals surface area contributed by atoms with Crippen molar-refractivity contribution in [2.24, 2.45) is 0 Å². The summed E-state index contributed by atoms with van der Waals surface area (Å²) in [5.41, 5.74) is 0.495. The normalized spacial score (nSPS) is 10.2. The molecule has 1 heterocycles. The van der Waals surface area contributed by atoms with Gasteiger partial charge in [0.15, 0.2) is 5.78 Å². The van der Waals surface area contributed by atoms with Gasteiger partial charge in [0.1, 0.15) is 0 Å². The van der Waals surface area contributed by atoms with Crippen LogP contribution in [0.2, 0.25) is 5.02 Å². The van der Waals surface area contributed by atoms with Crippen molar-refractivity contribution < 1.29 is 14.4 Å². The second-order valence-corrected chi connectivity index (χ2v) is 6.40. The maximum absolute atomic E-state index is 12.3. The predicted octanol–water partition coefficient (Wildman–Crippen LogP) is 3.31. The van der Waals surface area contributed by atoms with Gasteiger partial charge in [0.2, 0.25) is 5.91 Å². The molecule has 7 heteroatoms. The van der Waals surface area contributed by atoms with Crippen molar-refractivity contribution in [3.8, 4) is 0 Å². The van der Waals surface area contributed by atoms with Crippen LogP contribution < -0.4 is 5.32 Å². The Kier molecular flexibility index (Phi) is 5.52. The van der Waals surface area contributed by atoms with Gasteiger partial charge in [-0.3, -0.25) is 14.4 Å². The topological polar surface area (TPSA) is 66.5 Å². The lowest BCUT2D eigenvalue weighted by Crippen LogP contribution is -2.34. The molecule has 2 aromatic rings. The second-order valence-electron chi connectivity index (χ2n) is 4.91. The predicted molar refractivity (Wildman–Crippen MR) is 91.4 cm³/mol. The minimum atomic E-state index is -0.350. The van der Waals surface area contributed by atoms with Crippen molar-refractivity contribution in [1.29, 1.82) is 0 Å². The minimum absolute atomic E-state index is 0.0897. The summed E-state index contributed by atoms with van der Waals surface area (Å²) in [5.74, 6) is -0.748. The monoisotopic (exact) mass is 350 g/mol. The summed E-state index contributed by atoms with van der Waals surface area (Å²) in [4.78, 5) is 37.8. The fourth-order valence-corrected chi connectivity index (χ4v) is 2.95. The van der Waals surface area contributed by atoms with Crippen LogP contribution in [-0.4, -0.2) is 36.1 Å². The molecule has 1 N–H and O–H groups in total. The molecule has 0 aliphatic carbocycles. The summed E-state index contributed by atoms with van der Waals surface area (Å²) < 4.78 is 0. The van der Waals surface area contributed by atoms with Crippen molar-refractivity contribution in [3.05, 3.63) is 51.2 Å². The first-order valence-corrected chi connectivity index (χ1v) is 7.98. The Bertz CT molecular complexity index is 757. The minimum Gasteiger partial charge on any atom is -0.332 e. The molecule has 1 aromatic carbocycles. The van der Waals surface area contributed by atoms with E-state index in [1.54, 1.807) is 36.4 Å². The van der Waals surface area contributed by atoms with Gasteiger partial charge in [0.25, 0.3) is 5.91 Å². The van der Waals surface area contributed by atoms with Gasteiger partial charge in [-0.2, -0.15) is 0 Å². The Balaban J connectivity index is 1.98. The summed E-state index contributed by atoms with van der Waals surface area (Å²) in [6.45, 7) is 1.33. The number of benzene rings is 1. The molecule has 0 spiro atoms. The highest BCUT2D eigenvalue weighted by Gasteiger charge is 2.18. The van der Waals surface area contributed by atoms with Crippen molar-refractivity contribution in [2.75, 3.05) is 18.9 Å². The number of amides is 2. The zero-order valence-corrected chi connectivity index (χ0v) is 14.2. The summed E-state index contributed by atoms with van der Waals surface area (Å²) in [6.07, 6.45) is 0. The van der Waals surface area contributed by atoms with Gasteiger partial charge in [0.05, 0.1) is 27.0 Å². The molecule has 0 fully saturated rings. The van der Waals surface area contributed by atoms with Gasteiger partial charge in [-0.25, -0.2) is 0 Å². The highest BCUT2D eigenvalue weighted by atomic mass is 35.5. The Hall–Kier alpha value is -2.18. The van der Waals surface area contributed by atoms with Crippen LogP contribution >= 0.6 is 22.9 Å². The molecular formula is C16H15ClN2O3S. The number of hydrogen-bond donors (Lipinski definition) is 1. The van der Waals surface area contributed by atoms with Gasteiger partial charge >= 0.3 is 0 Å². The van der Waals surface area contributed by atoms with Gasteiger partial charge in [-0.1, -0.05) is 23.7 Å². The van der Waals surface area contributed by atoms with E-state index in [-0.39, 0.29) is 24.1 Å². The third-order valence-corrected chi connectivity index (χ3v) is 4.54. The van der Waals surface area contributed by atoms with E-state index < -0.39 is 0 Å². The molecule has 0 unspecified atom stereocenters. The highest BCUT2D eigenvalue weighted by molar-refractivity contribution is 7.15. The van der Waals surface area contributed by atoms with Crippen molar-refractivity contribution in [2.45, 2.75) is 6.92 Å². The zero-order chi connectivity index (χ0) is 17.0. The SMILES string of the molecule is CC(=O)c1ccc(C(=O)N(C)CC(=O)Nc2ccccc2Cl)s1. The van der Waals surface area contributed by atoms with E-state index in [1.165, 1.54) is 18.9 Å². The van der Waals surface area contributed by atoms with Gasteiger partial charge < -0.3 is 10.2 Å². The van der Waals surface area contributed by atoms with Crippen LogP contribution in [0.15, 0.2) is 36.4 Å². The number of thiophene rings is 1. The fourth-order valence-electron chi connectivity index (χ4n) is 1.87. The molecule has 0 atom stereocenters. The molecule has 120 valence electrons. The number of nitrogens with one attached hydrogen (secondary N) is 1. The highest BCUT2D eigenvalue weighted by Crippen LogP contribution is 2.21. The van der Waals surface area contributed by atoms with Crippen LogP contribution in [0.1, 0.15) is 26.3 Å². The molecule has 2 amide bonds. The van der Waals surface area contributed by atoms with Crippen LogP contribution in [0.4, 0.5) is 5.69 Å². The number of likely N-dealkylation sites (N-methyl/N-ethyl adjacent to an activating group) is 1. The molecule has 0 bridgehead atoms. The van der Waals surface area contributed by atoms with E-state index in [9.17, 15) is 14.4 Å². The number of halogens is 1. The smallest absolute Gasteiger partial charge is 0.264 e. The zero-order valence-electron chi connectivity index (χ0n) is 12.6. The lowest BCUT2D eigenvalue weighted by atomic mass is 10.3. The third kappa shape index (κ3) is 4.40. The van der Waals surface area contributed by atoms with E-state index in [1.807, 2.05) is 0 Å². The summed E-state index contributed by atoms with van der Waals surface area (Å²) >= 11 is 7.09. The quantitative estimate of drug-likeness (QED) is 0.841. The van der Waals surface area contributed by atoms with E-state index in [0.717, 1.165) is 11.3 Å². The number of anilines is 1. The van der Waals surface area contributed by atoms with Crippen molar-refractivity contribution >= 4 is 46.2 Å². The number of para-hydroxylation sites is 1. The van der Waals surface area contributed by atoms with Crippen LogP contribution in [0, 0.1) is 0 Å². The maximum atomic E-state index is 12.3. The summed E-state index contributed by atoms with van der Waals surface area (Å²) in [7, 11) is 1.53. The standard InChI is InChI=1S/C16H15ClN2O3S/c1-10(20)13-7-8-14(23-13)16(22)19(2)9-15(21)18-12-6-4-3-5-11(12)17/h3-8H,9H2,1-2H3,(H,18,21). The molecule has 0 aliphatic heterocycles. The number of carbonyl (C=O) groups excluding carboxylic acids is 3. The average Bonchev–Trinajstić information content (AvgIpc) is 2.98. The third-order valence-electron chi connectivity index (χ3n) is 3.04. The van der Waals surface area contributed by atoms with Crippen molar-refractivity contribution in [1.82, 2.24) is 4.90 Å². The number of carbonyl (C=O) groups is 3. The Morgan fingerprint density at radius 2 is 1.78 bits per heavy atom. The van der Waals surface area contributed by atoms with Crippen LogP contribution in [0.25, 0.3) is 0 Å². The summed E-state index contributed by atoms with van der Waals surface area (Å²) in [5, 5.41) is 3.09. The number of Topliss-reactive ketones (excluding diaryl/α,β-unsaturated/α-hetero) is 1. The molecule has 0 saturated heterocycles. The molecular weight excluding hydrogens is 336 g/mol. The fraction of sp³-hybridized carbons (Fsp3) is 0.188. The first-order valence-electron chi connectivity index (χ1n) is 6.79. The van der Waals surface area contributed by atoms with E-state index in [0.29, 0.717) is 20.5 Å². The average molecular weight is 351 g/mol. The van der Waals surface area contributed by atoms with E-state index >= 15 is 0 Å². The molecule has 1 aromatic heterocycles. The van der Waals surface area contributed by atoms with Gasteiger partial charge in [0, 0.05) is 7.05 Å². The molecule has 0 aliphatic rings. The van der Waals surface area contributed by atoms with E-state index in [4.69, 9.17) is 11.6 Å². The molecule has 0 saturated carbocycles.